The van der Waals surface area contributed by atoms with Crippen molar-refractivity contribution >= 4 is 11.9 Å². The molecule has 3 N–H and O–H groups in total. The maximum absolute atomic E-state index is 10.7. The van der Waals surface area contributed by atoms with Crippen LogP contribution in [0.3, 0.4) is 0 Å². The van der Waals surface area contributed by atoms with Gasteiger partial charge in [0.15, 0.2) is 0 Å². The van der Waals surface area contributed by atoms with Crippen LogP contribution in [0.4, 0.5) is 0 Å². The van der Waals surface area contributed by atoms with Crippen LogP contribution in [-0.4, -0.2) is 34.7 Å². The summed E-state index contributed by atoms with van der Waals surface area (Å²) in [6.07, 6.45) is 0.150. The minimum Gasteiger partial charge on any atom is -0.481 e. The van der Waals surface area contributed by atoms with Crippen molar-refractivity contribution in [3.63, 3.8) is 0 Å². The zero-order valence-corrected chi connectivity index (χ0v) is 6.70. The van der Waals surface area contributed by atoms with Gasteiger partial charge in [-0.25, -0.2) is 0 Å². The summed E-state index contributed by atoms with van der Waals surface area (Å²) in [7, 11) is 0. The fourth-order valence-electron chi connectivity index (χ4n) is 1.28. The number of nitrogens with one attached hydrogen (secondary N) is 1. The zero-order chi connectivity index (χ0) is 9.35. The fraction of sp³-hybridized carbons (Fsp3) is 0.714. The SMILES string of the molecule is C[C@@]1(C(=O)O)CN[C@@H](C(=O)O)C1. The van der Waals surface area contributed by atoms with E-state index in [1.807, 2.05) is 0 Å². The summed E-state index contributed by atoms with van der Waals surface area (Å²) in [5, 5.41) is 20.0. The third-order valence-corrected chi connectivity index (χ3v) is 2.21. The van der Waals surface area contributed by atoms with Crippen LogP contribution in [0.25, 0.3) is 0 Å². The van der Waals surface area contributed by atoms with Gasteiger partial charge in [0.25, 0.3) is 0 Å². The Labute approximate surface area is 69.4 Å². The maximum atomic E-state index is 10.7. The number of aliphatic carboxylic acids is 2. The van der Waals surface area contributed by atoms with Crippen molar-refractivity contribution in [3.05, 3.63) is 0 Å². The highest BCUT2D eigenvalue weighted by Crippen LogP contribution is 2.28. The highest BCUT2D eigenvalue weighted by Gasteiger charge is 2.43. The van der Waals surface area contributed by atoms with Gasteiger partial charge >= 0.3 is 11.9 Å². The molecule has 1 aliphatic heterocycles. The summed E-state index contributed by atoms with van der Waals surface area (Å²) in [6, 6.07) is -0.717. The average molecular weight is 173 g/mol. The van der Waals surface area contributed by atoms with Crippen LogP contribution in [0.15, 0.2) is 0 Å². The molecule has 2 atom stereocenters. The molecule has 0 spiro atoms. The molecule has 0 bridgehead atoms. The molecule has 0 aromatic rings. The Balaban J connectivity index is 2.67. The summed E-state index contributed by atoms with van der Waals surface area (Å²) in [5.74, 6) is -1.93. The Kier molecular flexibility index (Phi) is 2.06. The van der Waals surface area contributed by atoms with E-state index >= 15 is 0 Å². The van der Waals surface area contributed by atoms with Crippen molar-refractivity contribution in [1.29, 1.82) is 0 Å². The zero-order valence-electron chi connectivity index (χ0n) is 6.70. The standard InChI is InChI=1S/C7H11NO4/c1-7(6(11)12)2-4(5(9)10)8-3-7/h4,8H,2-3H2,1H3,(H,9,10)(H,11,12)/t4-,7+/m1/s1. The Morgan fingerprint density at radius 1 is 1.50 bits per heavy atom. The normalized spacial score (nSPS) is 34.9. The molecule has 5 nitrogen and oxygen atoms in total. The van der Waals surface area contributed by atoms with Gasteiger partial charge in [0.2, 0.25) is 0 Å². The van der Waals surface area contributed by atoms with Crippen molar-refractivity contribution in [2.45, 2.75) is 19.4 Å². The van der Waals surface area contributed by atoms with E-state index in [4.69, 9.17) is 10.2 Å². The van der Waals surface area contributed by atoms with Crippen LogP contribution < -0.4 is 5.32 Å². The first-order valence-electron chi connectivity index (χ1n) is 3.65. The summed E-state index contributed by atoms with van der Waals surface area (Å²) in [4.78, 5) is 21.1. The third-order valence-electron chi connectivity index (χ3n) is 2.21. The Morgan fingerprint density at radius 2 is 2.08 bits per heavy atom. The van der Waals surface area contributed by atoms with Gasteiger partial charge in [-0.05, 0) is 13.3 Å². The summed E-state index contributed by atoms with van der Waals surface area (Å²) in [5.41, 5.74) is -0.928. The molecule has 0 aromatic carbocycles. The lowest BCUT2D eigenvalue weighted by Crippen LogP contribution is -2.30. The average Bonchev–Trinajstić information content (AvgIpc) is 2.33. The summed E-state index contributed by atoms with van der Waals surface area (Å²) in [6.45, 7) is 1.77. The van der Waals surface area contributed by atoms with Crippen molar-refractivity contribution in [2.75, 3.05) is 6.54 Å². The summed E-state index contributed by atoms with van der Waals surface area (Å²) < 4.78 is 0. The number of hydrogen-bond acceptors (Lipinski definition) is 3. The van der Waals surface area contributed by atoms with Gasteiger partial charge < -0.3 is 15.5 Å². The van der Waals surface area contributed by atoms with Gasteiger partial charge in [-0.1, -0.05) is 0 Å². The van der Waals surface area contributed by atoms with Gasteiger partial charge in [0.05, 0.1) is 5.41 Å². The molecule has 68 valence electrons. The minimum atomic E-state index is -0.986. The largest absolute Gasteiger partial charge is 0.481 e. The first-order valence-corrected chi connectivity index (χ1v) is 3.65. The van der Waals surface area contributed by atoms with Crippen LogP contribution in [-0.2, 0) is 9.59 Å². The second kappa shape index (κ2) is 2.75. The van der Waals surface area contributed by atoms with E-state index in [1.54, 1.807) is 6.92 Å². The van der Waals surface area contributed by atoms with E-state index in [0.717, 1.165) is 0 Å². The molecule has 0 unspecified atom stereocenters. The molecule has 1 rings (SSSR count). The molecular weight excluding hydrogens is 162 g/mol. The lowest BCUT2D eigenvalue weighted by atomic mass is 9.88. The maximum Gasteiger partial charge on any atom is 0.320 e. The van der Waals surface area contributed by atoms with Crippen LogP contribution in [0.2, 0.25) is 0 Å². The smallest absolute Gasteiger partial charge is 0.320 e. The topological polar surface area (TPSA) is 86.6 Å². The first kappa shape index (κ1) is 8.99. The van der Waals surface area contributed by atoms with Gasteiger partial charge in [-0.2, -0.15) is 0 Å². The molecule has 1 saturated heterocycles. The van der Waals surface area contributed by atoms with Gasteiger partial charge in [0, 0.05) is 6.54 Å². The molecule has 0 saturated carbocycles. The number of rotatable bonds is 2. The second-order valence-corrected chi connectivity index (χ2v) is 3.34. The molecule has 1 fully saturated rings. The van der Waals surface area contributed by atoms with Crippen LogP contribution in [0.1, 0.15) is 13.3 Å². The van der Waals surface area contributed by atoms with Gasteiger partial charge in [-0.15, -0.1) is 0 Å². The molecule has 0 aliphatic carbocycles. The predicted molar refractivity (Wildman–Crippen MR) is 39.8 cm³/mol. The van der Waals surface area contributed by atoms with E-state index in [-0.39, 0.29) is 13.0 Å². The van der Waals surface area contributed by atoms with Gasteiger partial charge in [0.1, 0.15) is 6.04 Å². The highest BCUT2D eigenvalue weighted by molar-refractivity contribution is 5.80. The Bertz CT molecular complexity index is 227. The van der Waals surface area contributed by atoms with E-state index < -0.39 is 23.4 Å². The highest BCUT2D eigenvalue weighted by atomic mass is 16.4. The van der Waals surface area contributed by atoms with Crippen molar-refractivity contribution in [2.24, 2.45) is 5.41 Å². The Morgan fingerprint density at radius 3 is 2.33 bits per heavy atom. The third kappa shape index (κ3) is 1.40. The lowest BCUT2D eigenvalue weighted by molar-refractivity contribution is -0.147. The molecule has 1 heterocycles. The van der Waals surface area contributed by atoms with E-state index in [0.29, 0.717) is 0 Å². The molecule has 12 heavy (non-hydrogen) atoms. The fourth-order valence-corrected chi connectivity index (χ4v) is 1.28. The molecule has 0 aromatic heterocycles. The van der Waals surface area contributed by atoms with Gasteiger partial charge in [-0.3, -0.25) is 9.59 Å². The van der Waals surface area contributed by atoms with Crippen LogP contribution in [0, 0.1) is 5.41 Å². The number of hydrogen-bond donors (Lipinski definition) is 3. The van der Waals surface area contributed by atoms with E-state index in [9.17, 15) is 9.59 Å². The second-order valence-electron chi connectivity index (χ2n) is 3.34. The van der Waals surface area contributed by atoms with Crippen LogP contribution >= 0.6 is 0 Å². The number of carboxylic acids is 2. The predicted octanol–water partition coefficient (Wildman–Crippen LogP) is -0.476. The first-order chi connectivity index (χ1) is 5.46. The molecule has 0 radical (unpaired) electrons. The quantitative estimate of drug-likeness (QED) is 0.525. The van der Waals surface area contributed by atoms with Crippen molar-refractivity contribution < 1.29 is 19.8 Å². The Hall–Kier alpha value is -1.10. The molecular formula is C7H11NO4. The number of carboxylic acid groups (broad SMARTS) is 2. The van der Waals surface area contributed by atoms with E-state index in [2.05, 4.69) is 5.32 Å². The monoisotopic (exact) mass is 173 g/mol. The van der Waals surface area contributed by atoms with Crippen molar-refractivity contribution in [3.8, 4) is 0 Å². The minimum absolute atomic E-state index is 0.150. The van der Waals surface area contributed by atoms with Crippen LogP contribution in [0.5, 0.6) is 0 Å². The molecule has 0 amide bonds. The van der Waals surface area contributed by atoms with E-state index in [1.165, 1.54) is 0 Å². The summed E-state index contributed by atoms with van der Waals surface area (Å²) >= 11 is 0. The molecule has 5 heteroatoms. The number of carbonyl (C=O) groups is 2. The van der Waals surface area contributed by atoms with Crippen molar-refractivity contribution in [1.82, 2.24) is 5.32 Å². The lowest BCUT2D eigenvalue weighted by Gasteiger charge is -2.15. The molecule has 1 aliphatic rings.